The summed E-state index contributed by atoms with van der Waals surface area (Å²) in [5, 5.41) is 0. The summed E-state index contributed by atoms with van der Waals surface area (Å²) < 4.78 is 2.35. The highest BCUT2D eigenvalue weighted by Crippen LogP contribution is 2.34. The van der Waals surface area contributed by atoms with Gasteiger partial charge in [0.15, 0.2) is 0 Å². The summed E-state index contributed by atoms with van der Waals surface area (Å²) in [6, 6.07) is 0.345. The lowest BCUT2D eigenvalue weighted by Gasteiger charge is -2.22. The Morgan fingerprint density at radius 1 is 1.18 bits per heavy atom. The van der Waals surface area contributed by atoms with Crippen LogP contribution in [0, 0.1) is 0 Å². The maximum Gasteiger partial charge on any atom is 0.112 e. The van der Waals surface area contributed by atoms with Crippen LogP contribution in [-0.2, 0) is 19.9 Å². The van der Waals surface area contributed by atoms with Crippen LogP contribution in [0.15, 0.2) is 0 Å². The number of rotatable bonds is 1. The lowest BCUT2D eigenvalue weighted by molar-refractivity contribution is 0.420. The first kappa shape index (κ1) is 11.3. The maximum absolute atomic E-state index is 6.07. The van der Waals surface area contributed by atoms with E-state index in [1.807, 2.05) is 0 Å². The quantitative estimate of drug-likeness (QED) is 0.808. The Bertz CT molecular complexity index is 402. The Labute approximate surface area is 103 Å². The lowest BCUT2D eigenvalue weighted by Crippen LogP contribution is -2.28. The zero-order valence-corrected chi connectivity index (χ0v) is 10.8. The highest BCUT2D eigenvalue weighted by atomic mass is 15.1. The average Bonchev–Trinajstić information content (AvgIpc) is 2.68. The zero-order chi connectivity index (χ0) is 11.8. The molecule has 1 heterocycles. The van der Waals surface area contributed by atoms with Crippen molar-refractivity contribution < 1.29 is 0 Å². The van der Waals surface area contributed by atoms with E-state index >= 15 is 0 Å². The van der Waals surface area contributed by atoms with Crippen molar-refractivity contribution in [2.75, 3.05) is 0 Å². The van der Waals surface area contributed by atoms with Crippen molar-refractivity contribution in [3.63, 3.8) is 0 Å². The molecule has 1 aromatic rings. The standard InChI is InChI=1S/C14H23N3/c1-17-13-9-11(15)7-8-12(13)16-14(17)10-5-3-2-4-6-10/h10-11H,2-9,15H2,1H3. The van der Waals surface area contributed by atoms with Crippen molar-refractivity contribution in [2.24, 2.45) is 12.8 Å². The molecule has 1 fully saturated rings. The maximum atomic E-state index is 6.07. The smallest absolute Gasteiger partial charge is 0.112 e. The molecule has 0 bridgehead atoms. The topological polar surface area (TPSA) is 43.8 Å². The molecular weight excluding hydrogens is 210 g/mol. The third kappa shape index (κ3) is 2.01. The second-order valence-corrected chi connectivity index (χ2v) is 5.76. The number of hydrogen-bond donors (Lipinski definition) is 1. The van der Waals surface area contributed by atoms with Gasteiger partial charge in [-0.15, -0.1) is 0 Å². The molecule has 0 aromatic carbocycles. The number of hydrogen-bond acceptors (Lipinski definition) is 2. The molecule has 0 spiro atoms. The summed E-state index contributed by atoms with van der Waals surface area (Å²) in [5.74, 6) is 2.04. The van der Waals surface area contributed by atoms with Gasteiger partial charge in [-0.25, -0.2) is 4.98 Å². The Kier molecular flexibility index (Phi) is 2.95. The van der Waals surface area contributed by atoms with E-state index < -0.39 is 0 Å². The van der Waals surface area contributed by atoms with Gasteiger partial charge in [-0.1, -0.05) is 19.3 Å². The number of aryl methyl sites for hydroxylation is 1. The van der Waals surface area contributed by atoms with Crippen molar-refractivity contribution in [1.29, 1.82) is 0 Å². The summed E-state index contributed by atoms with van der Waals surface area (Å²) in [6.07, 6.45) is 10.0. The second kappa shape index (κ2) is 4.45. The van der Waals surface area contributed by atoms with Crippen LogP contribution in [0.5, 0.6) is 0 Å². The van der Waals surface area contributed by atoms with Gasteiger partial charge in [0.05, 0.1) is 5.69 Å². The molecule has 2 aliphatic carbocycles. The zero-order valence-electron chi connectivity index (χ0n) is 10.8. The van der Waals surface area contributed by atoms with Gasteiger partial charge in [0.2, 0.25) is 0 Å². The monoisotopic (exact) mass is 233 g/mol. The molecular formula is C14H23N3. The van der Waals surface area contributed by atoms with Crippen molar-refractivity contribution >= 4 is 0 Å². The van der Waals surface area contributed by atoms with Crippen LogP contribution in [0.4, 0.5) is 0 Å². The first-order chi connectivity index (χ1) is 8.25. The van der Waals surface area contributed by atoms with E-state index in [1.165, 1.54) is 49.3 Å². The average molecular weight is 233 g/mol. The van der Waals surface area contributed by atoms with Gasteiger partial charge in [-0.05, 0) is 25.7 Å². The third-order valence-corrected chi connectivity index (χ3v) is 4.51. The molecule has 1 aromatic heterocycles. The largest absolute Gasteiger partial charge is 0.335 e. The summed E-state index contributed by atoms with van der Waals surface area (Å²) in [5.41, 5.74) is 8.80. The molecule has 94 valence electrons. The fourth-order valence-electron chi connectivity index (χ4n) is 3.46. The van der Waals surface area contributed by atoms with Crippen molar-refractivity contribution in [3.8, 4) is 0 Å². The van der Waals surface area contributed by atoms with E-state index in [2.05, 4.69) is 11.6 Å². The van der Waals surface area contributed by atoms with Gasteiger partial charge in [-0.3, -0.25) is 0 Å². The third-order valence-electron chi connectivity index (χ3n) is 4.51. The van der Waals surface area contributed by atoms with Crippen LogP contribution in [-0.4, -0.2) is 15.6 Å². The molecule has 2 N–H and O–H groups in total. The first-order valence-electron chi connectivity index (χ1n) is 7.05. The van der Waals surface area contributed by atoms with Crippen molar-refractivity contribution in [2.45, 2.75) is 63.3 Å². The van der Waals surface area contributed by atoms with Crippen LogP contribution in [0.2, 0.25) is 0 Å². The fraction of sp³-hybridized carbons (Fsp3) is 0.786. The van der Waals surface area contributed by atoms with Crippen LogP contribution in [0.3, 0.4) is 0 Å². The van der Waals surface area contributed by atoms with E-state index in [1.54, 1.807) is 0 Å². The summed E-state index contributed by atoms with van der Waals surface area (Å²) in [7, 11) is 2.19. The number of imidazole rings is 1. The molecule has 1 atom stereocenters. The minimum absolute atomic E-state index is 0.345. The Morgan fingerprint density at radius 2 is 1.94 bits per heavy atom. The molecule has 0 amide bonds. The molecule has 0 aliphatic heterocycles. The molecule has 2 aliphatic rings. The SMILES string of the molecule is Cn1c(C2CCCCC2)nc2c1CC(N)CC2. The summed E-state index contributed by atoms with van der Waals surface area (Å²) in [4.78, 5) is 4.92. The summed E-state index contributed by atoms with van der Waals surface area (Å²) in [6.45, 7) is 0. The second-order valence-electron chi connectivity index (χ2n) is 5.76. The number of fused-ring (bicyclic) bond motifs is 1. The van der Waals surface area contributed by atoms with Crippen LogP contribution in [0.1, 0.15) is 61.7 Å². The van der Waals surface area contributed by atoms with Gasteiger partial charge in [0.1, 0.15) is 5.82 Å². The number of nitrogens with two attached hydrogens (primary N) is 1. The van der Waals surface area contributed by atoms with E-state index in [0.717, 1.165) is 19.3 Å². The predicted octanol–water partition coefficient (Wildman–Crippen LogP) is 2.28. The van der Waals surface area contributed by atoms with Crippen molar-refractivity contribution in [3.05, 3.63) is 17.2 Å². The van der Waals surface area contributed by atoms with E-state index in [4.69, 9.17) is 10.7 Å². The molecule has 3 heteroatoms. The normalized spacial score (nSPS) is 25.9. The van der Waals surface area contributed by atoms with Gasteiger partial charge in [0, 0.05) is 31.1 Å². The Morgan fingerprint density at radius 3 is 2.71 bits per heavy atom. The number of nitrogens with zero attached hydrogens (tertiary/aromatic N) is 2. The Balaban J connectivity index is 1.90. The van der Waals surface area contributed by atoms with Gasteiger partial charge in [0.25, 0.3) is 0 Å². The highest BCUT2D eigenvalue weighted by molar-refractivity contribution is 5.23. The van der Waals surface area contributed by atoms with E-state index in [0.29, 0.717) is 12.0 Å². The van der Waals surface area contributed by atoms with Crippen LogP contribution < -0.4 is 5.73 Å². The van der Waals surface area contributed by atoms with Crippen LogP contribution in [0.25, 0.3) is 0 Å². The molecule has 0 saturated heterocycles. The Hall–Kier alpha value is -0.830. The molecule has 17 heavy (non-hydrogen) atoms. The molecule has 1 unspecified atom stereocenters. The predicted molar refractivity (Wildman–Crippen MR) is 69.0 cm³/mol. The summed E-state index contributed by atoms with van der Waals surface area (Å²) >= 11 is 0. The first-order valence-corrected chi connectivity index (χ1v) is 7.05. The van der Waals surface area contributed by atoms with Gasteiger partial charge in [-0.2, -0.15) is 0 Å². The highest BCUT2D eigenvalue weighted by Gasteiger charge is 2.26. The van der Waals surface area contributed by atoms with E-state index in [9.17, 15) is 0 Å². The minimum Gasteiger partial charge on any atom is -0.335 e. The van der Waals surface area contributed by atoms with E-state index in [-0.39, 0.29) is 0 Å². The van der Waals surface area contributed by atoms with Gasteiger partial charge >= 0.3 is 0 Å². The molecule has 0 radical (unpaired) electrons. The van der Waals surface area contributed by atoms with Crippen LogP contribution >= 0.6 is 0 Å². The minimum atomic E-state index is 0.345. The van der Waals surface area contributed by atoms with Crippen molar-refractivity contribution in [1.82, 2.24) is 9.55 Å². The van der Waals surface area contributed by atoms with Gasteiger partial charge < -0.3 is 10.3 Å². The fourth-order valence-corrected chi connectivity index (χ4v) is 3.46. The molecule has 3 nitrogen and oxygen atoms in total. The number of aromatic nitrogens is 2. The lowest BCUT2D eigenvalue weighted by atomic mass is 9.89. The molecule has 3 rings (SSSR count). The molecule has 1 saturated carbocycles.